The third kappa shape index (κ3) is 3.37. The molecule has 0 unspecified atom stereocenters. The summed E-state index contributed by atoms with van der Waals surface area (Å²) in [6.45, 7) is 0. The van der Waals surface area contributed by atoms with Gasteiger partial charge < -0.3 is 9.32 Å². The number of hydrogen-bond acceptors (Lipinski definition) is 5. The van der Waals surface area contributed by atoms with Crippen LogP contribution in [0, 0.1) is 17.8 Å². The maximum Gasteiger partial charge on any atom is 0.335 e. The van der Waals surface area contributed by atoms with E-state index in [1.807, 2.05) is 26.2 Å². The number of barbiturate groups is 1. The minimum absolute atomic E-state index is 0.135. The number of carbonyl (C=O) groups excluding carboxylic acids is 3. The lowest BCUT2D eigenvalue weighted by molar-refractivity contribution is -0.122. The van der Waals surface area contributed by atoms with Crippen molar-refractivity contribution >= 4 is 35.5 Å². The number of anilines is 2. The van der Waals surface area contributed by atoms with Gasteiger partial charge in [-0.2, -0.15) is 0 Å². The van der Waals surface area contributed by atoms with Crippen LogP contribution < -0.4 is 15.1 Å². The molecule has 1 saturated heterocycles. The van der Waals surface area contributed by atoms with Gasteiger partial charge in [0.05, 0.1) is 5.69 Å². The fourth-order valence-corrected chi connectivity index (χ4v) is 7.12. The van der Waals surface area contributed by atoms with Crippen molar-refractivity contribution in [1.29, 1.82) is 0 Å². The Hall–Kier alpha value is -3.35. The van der Waals surface area contributed by atoms with Crippen LogP contribution in [0.2, 0.25) is 0 Å². The Bertz CT molecular complexity index is 1170. The second-order valence-corrected chi connectivity index (χ2v) is 10.8. The van der Waals surface area contributed by atoms with Gasteiger partial charge in [-0.3, -0.25) is 14.9 Å². The Balaban J connectivity index is 1.28. The highest BCUT2D eigenvalue weighted by Gasteiger charge is 2.51. The molecule has 7 rings (SSSR count). The van der Waals surface area contributed by atoms with Crippen molar-refractivity contribution in [2.45, 2.75) is 43.9 Å². The molecule has 0 atom stereocenters. The second-order valence-electron chi connectivity index (χ2n) is 10.8. The molecular formula is C27H29N3O4. The second kappa shape index (κ2) is 7.58. The molecule has 4 amide bonds. The van der Waals surface area contributed by atoms with E-state index in [1.165, 1.54) is 50.2 Å². The van der Waals surface area contributed by atoms with Gasteiger partial charge in [0.2, 0.25) is 0 Å². The highest BCUT2D eigenvalue weighted by molar-refractivity contribution is 6.39. The molecule has 4 aliphatic carbocycles. The first-order chi connectivity index (χ1) is 16.3. The topological polar surface area (TPSA) is 82.9 Å². The molecule has 4 saturated carbocycles. The molecular weight excluding hydrogens is 430 g/mol. The normalized spacial score (nSPS) is 31.4. The minimum Gasteiger partial charge on any atom is -0.441 e. The van der Waals surface area contributed by atoms with Gasteiger partial charge in [-0.15, -0.1) is 0 Å². The van der Waals surface area contributed by atoms with Gasteiger partial charge in [0.15, 0.2) is 5.88 Å². The molecule has 7 heteroatoms. The van der Waals surface area contributed by atoms with Crippen molar-refractivity contribution in [3.63, 3.8) is 0 Å². The summed E-state index contributed by atoms with van der Waals surface area (Å²) in [5, 5.41) is 2.29. The number of hydrogen-bond donors (Lipinski definition) is 1. The standard InChI is InChI=1S/C27H29N3O4/c1-29(2)23-8-7-21(34-23)12-22-24(31)28-26(33)30(25(22)32)20-5-3-19(4-6-20)27-13-16-9-17(14-27)11-18(10-16)15-27/h3-8,12,16-18H,9-11,13-15H2,1-2H3,(H,28,31,33)/b22-12-. The van der Waals surface area contributed by atoms with E-state index in [2.05, 4.69) is 17.4 Å². The van der Waals surface area contributed by atoms with E-state index in [0.717, 1.165) is 22.7 Å². The molecule has 1 aromatic heterocycles. The van der Waals surface area contributed by atoms with Gasteiger partial charge in [0, 0.05) is 20.2 Å². The maximum absolute atomic E-state index is 13.2. The fraction of sp³-hybridized carbons (Fsp3) is 0.444. The summed E-state index contributed by atoms with van der Waals surface area (Å²) in [5.41, 5.74) is 1.89. The summed E-state index contributed by atoms with van der Waals surface area (Å²) in [6, 6.07) is 10.6. The van der Waals surface area contributed by atoms with Gasteiger partial charge in [0.1, 0.15) is 11.3 Å². The third-order valence-corrected chi connectivity index (χ3v) is 8.22. The molecule has 4 bridgehead atoms. The highest BCUT2D eigenvalue weighted by Crippen LogP contribution is 2.60. The molecule has 34 heavy (non-hydrogen) atoms. The predicted molar refractivity (Wildman–Crippen MR) is 128 cm³/mol. The van der Waals surface area contributed by atoms with Crippen LogP contribution in [0.3, 0.4) is 0 Å². The molecule has 1 N–H and O–H groups in total. The molecule has 0 radical (unpaired) electrons. The quantitative estimate of drug-likeness (QED) is 0.538. The van der Waals surface area contributed by atoms with E-state index in [4.69, 9.17) is 4.42 Å². The van der Waals surface area contributed by atoms with Crippen molar-refractivity contribution in [2.75, 3.05) is 23.9 Å². The van der Waals surface area contributed by atoms with Crippen LogP contribution in [0.25, 0.3) is 6.08 Å². The lowest BCUT2D eigenvalue weighted by Gasteiger charge is -2.57. The summed E-state index contributed by atoms with van der Waals surface area (Å²) in [5.74, 6) is 2.12. The van der Waals surface area contributed by atoms with Crippen LogP contribution in [-0.4, -0.2) is 31.9 Å². The average Bonchev–Trinajstić information content (AvgIpc) is 3.25. The van der Waals surface area contributed by atoms with Crippen molar-refractivity contribution in [2.24, 2.45) is 17.8 Å². The Labute approximate surface area is 198 Å². The molecule has 1 aliphatic heterocycles. The van der Waals surface area contributed by atoms with E-state index in [9.17, 15) is 14.4 Å². The summed E-state index contributed by atoms with van der Waals surface area (Å²) < 4.78 is 5.66. The van der Waals surface area contributed by atoms with Crippen molar-refractivity contribution in [3.05, 3.63) is 53.3 Å². The largest absolute Gasteiger partial charge is 0.441 e. The van der Waals surface area contributed by atoms with Gasteiger partial charge in [-0.25, -0.2) is 9.69 Å². The molecule has 0 spiro atoms. The fourth-order valence-electron chi connectivity index (χ4n) is 7.12. The SMILES string of the molecule is CN(C)c1ccc(/C=C2/C(=O)NC(=O)N(c3ccc(C45CC6CC(CC(C6)C4)C5)cc3)C2=O)o1. The molecule has 176 valence electrons. The number of nitrogens with zero attached hydrogens (tertiary/aromatic N) is 2. The van der Waals surface area contributed by atoms with E-state index < -0.39 is 17.8 Å². The Morgan fingerprint density at radius 1 is 0.941 bits per heavy atom. The van der Waals surface area contributed by atoms with Gasteiger partial charge in [-0.1, -0.05) is 12.1 Å². The minimum atomic E-state index is -0.733. The smallest absolute Gasteiger partial charge is 0.335 e. The van der Waals surface area contributed by atoms with E-state index in [0.29, 0.717) is 17.3 Å². The number of nitrogens with one attached hydrogen (secondary N) is 1. The molecule has 7 nitrogen and oxygen atoms in total. The first-order valence-electron chi connectivity index (χ1n) is 12.1. The zero-order valence-corrected chi connectivity index (χ0v) is 19.5. The number of rotatable bonds is 4. The van der Waals surface area contributed by atoms with E-state index in [1.54, 1.807) is 17.0 Å². The van der Waals surface area contributed by atoms with Crippen LogP contribution in [0.5, 0.6) is 0 Å². The van der Waals surface area contributed by atoms with Crippen LogP contribution in [0.4, 0.5) is 16.4 Å². The lowest BCUT2D eigenvalue weighted by atomic mass is 9.48. The average molecular weight is 460 g/mol. The highest BCUT2D eigenvalue weighted by atomic mass is 16.4. The van der Waals surface area contributed by atoms with Crippen LogP contribution in [0.15, 0.2) is 46.4 Å². The summed E-state index contributed by atoms with van der Waals surface area (Å²) in [7, 11) is 3.67. The van der Waals surface area contributed by atoms with Crippen molar-refractivity contribution in [1.82, 2.24) is 5.32 Å². The maximum atomic E-state index is 13.2. The number of carbonyl (C=O) groups is 3. The molecule has 1 aromatic carbocycles. The molecule has 2 aromatic rings. The first-order valence-corrected chi connectivity index (χ1v) is 12.1. The molecule has 2 heterocycles. The number of urea groups is 1. The summed E-state index contributed by atoms with van der Waals surface area (Å²) in [6.07, 6.45) is 9.29. The third-order valence-electron chi connectivity index (χ3n) is 8.22. The molecule has 5 fully saturated rings. The zero-order valence-electron chi connectivity index (χ0n) is 19.5. The number of imide groups is 2. The predicted octanol–water partition coefficient (Wildman–Crippen LogP) is 4.48. The first kappa shape index (κ1) is 21.2. The van der Waals surface area contributed by atoms with Crippen LogP contribution in [0.1, 0.15) is 49.8 Å². The Kier molecular flexibility index (Phi) is 4.73. The summed E-state index contributed by atoms with van der Waals surface area (Å²) >= 11 is 0. The zero-order chi connectivity index (χ0) is 23.6. The van der Waals surface area contributed by atoms with Crippen LogP contribution >= 0.6 is 0 Å². The Morgan fingerprint density at radius 2 is 1.56 bits per heavy atom. The lowest BCUT2D eigenvalue weighted by Crippen LogP contribution is -2.54. The number of furan rings is 1. The van der Waals surface area contributed by atoms with Gasteiger partial charge >= 0.3 is 6.03 Å². The molecule has 5 aliphatic rings. The van der Waals surface area contributed by atoms with Gasteiger partial charge in [0.25, 0.3) is 11.8 Å². The summed E-state index contributed by atoms with van der Waals surface area (Å²) in [4.78, 5) is 41.1. The van der Waals surface area contributed by atoms with Crippen LogP contribution in [-0.2, 0) is 15.0 Å². The number of amides is 4. The van der Waals surface area contributed by atoms with E-state index >= 15 is 0 Å². The van der Waals surface area contributed by atoms with Gasteiger partial charge in [-0.05, 0) is 91.5 Å². The van der Waals surface area contributed by atoms with E-state index in [-0.39, 0.29) is 11.0 Å². The Morgan fingerprint density at radius 3 is 2.12 bits per heavy atom. The van der Waals surface area contributed by atoms with Crippen molar-refractivity contribution in [3.8, 4) is 0 Å². The number of benzene rings is 1. The monoisotopic (exact) mass is 459 g/mol. The van der Waals surface area contributed by atoms with Crippen molar-refractivity contribution < 1.29 is 18.8 Å².